The fraction of sp³-hybridized carbons (Fsp3) is 0.571. The van der Waals surface area contributed by atoms with Crippen LogP contribution in [-0.2, 0) is 6.42 Å². The Morgan fingerprint density at radius 2 is 1.93 bits per heavy atom. The topological polar surface area (TPSA) is 12.0 Å². The predicted octanol–water partition coefficient (Wildman–Crippen LogP) is 3.09. The van der Waals surface area contributed by atoms with E-state index in [4.69, 9.17) is 0 Å². The van der Waals surface area contributed by atoms with Gasteiger partial charge in [-0.1, -0.05) is 37.6 Å². The molecule has 0 aromatic heterocycles. The molecule has 1 nitrogen and oxygen atoms in total. The smallest absolute Gasteiger partial charge is 0.000814 e. The van der Waals surface area contributed by atoms with Crippen molar-refractivity contribution >= 4 is 0 Å². The molecule has 0 amide bonds. The number of hydrogen-bond donors (Lipinski definition) is 1. The summed E-state index contributed by atoms with van der Waals surface area (Å²) >= 11 is 0. The van der Waals surface area contributed by atoms with Crippen molar-refractivity contribution in [2.75, 3.05) is 13.1 Å². The van der Waals surface area contributed by atoms with Crippen LogP contribution in [0.1, 0.15) is 30.5 Å². The molecule has 0 saturated carbocycles. The third-order valence-electron chi connectivity index (χ3n) is 2.63. The first-order valence-corrected chi connectivity index (χ1v) is 5.86. The molecule has 1 aromatic carbocycles. The summed E-state index contributed by atoms with van der Waals surface area (Å²) in [7, 11) is 0. The first kappa shape index (κ1) is 12.3. The Morgan fingerprint density at radius 1 is 1.20 bits per heavy atom. The highest BCUT2D eigenvalue weighted by atomic mass is 14.8. The SMILES string of the molecule is Cc1ccc(C)c(CCNCC(C)C)c1. The highest BCUT2D eigenvalue weighted by Gasteiger charge is 1.99. The van der Waals surface area contributed by atoms with E-state index < -0.39 is 0 Å². The second-order valence-electron chi connectivity index (χ2n) is 4.78. The molecule has 1 aromatic rings. The van der Waals surface area contributed by atoms with E-state index in [0.717, 1.165) is 25.4 Å². The zero-order valence-electron chi connectivity index (χ0n) is 10.4. The Morgan fingerprint density at radius 3 is 2.60 bits per heavy atom. The highest BCUT2D eigenvalue weighted by Crippen LogP contribution is 2.10. The minimum absolute atomic E-state index is 0.739. The Labute approximate surface area is 93.9 Å². The lowest BCUT2D eigenvalue weighted by Gasteiger charge is -2.09. The van der Waals surface area contributed by atoms with Crippen molar-refractivity contribution in [2.24, 2.45) is 5.92 Å². The summed E-state index contributed by atoms with van der Waals surface area (Å²) in [4.78, 5) is 0. The number of rotatable bonds is 5. The van der Waals surface area contributed by atoms with Crippen molar-refractivity contribution in [3.05, 3.63) is 34.9 Å². The van der Waals surface area contributed by atoms with Gasteiger partial charge in [-0.15, -0.1) is 0 Å². The van der Waals surface area contributed by atoms with Gasteiger partial charge in [0.2, 0.25) is 0 Å². The third kappa shape index (κ3) is 4.48. The van der Waals surface area contributed by atoms with Gasteiger partial charge in [0.15, 0.2) is 0 Å². The summed E-state index contributed by atoms with van der Waals surface area (Å²) in [5.41, 5.74) is 4.25. The van der Waals surface area contributed by atoms with Crippen LogP contribution in [-0.4, -0.2) is 13.1 Å². The van der Waals surface area contributed by atoms with E-state index in [0.29, 0.717) is 0 Å². The minimum atomic E-state index is 0.739. The van der Waals surface area contributed by atoms with Crippen LogP contribution in [0.3, 0.4) is 0 Å². The average Bonchev–Trinajstić information content (AvgIpc) is 2.17. The van der Waals surface area contributed by atoms with E-state index in [1.54, 1.807) is 0 Å². The predicted molar refractivity (Wildman–Crippen MR) is 67.3 cm³/mol. The Balaban J connectivity index is 2.40. The lowest BCUT2D eigenvalue weighted by atomic mass is 10.0. The van der Waals surface area contributed by atoms with Gasteiger partial charge in [-0.25, -0.2) is 0 Å². The molecular formula is C14H23N. The molecule has 0 radical (unpaired) electrons. The summed E-state index contributed by atoms with van der Waals surface area (Å²) in [6, 6.07) is 6.69. The van der Waals surface area contributed by atoms with Crippen LogP contribution in [0.5, 0.6) is 0 Å². The highest BCUT2D eigenvalue weighted by molar-refractivity contribution is 5.30. The summed E-state index contributed by atoms with van der Waals surface area (Å²) in [6.45, 7) is 11.0. The summed E-state index contributed by atoms with van der Waals surface area (Å²) in [5, 5.41) is 3.48. The molecule has 0 spiro atoms. The Hall–Kier alpha value is -0.820. The molecule has 0 fully saturated rings. The minimum Gasteiger partial charge on any atom is -0.316 e. The van der Waals surface area contributed by atoms with Crippen molar-refractivity contribution in [1.29, 1.82) is 0 Å². The fourth-order valence-electron chi connectivity index (χ4n) is 1.68. The lowest BCUT2D eigenvalue weighted by Crippen LogP contribution is -2.22. The Kier molecular flexibility index (Phi) is 4.83. The molecule has 84 valence electrons. The van der Waals surface area contributed by atoms with E-state index in [1.807, 2.05) is 0 Å². The molecule has 0 aliphatic carbocycles. The summed E-state index contributed by atoms with van der Waals surface area (Å²) in [6.07, 6.45) is 1.14. The molecule has 0 unspecified atom stereocenters. The van der Waals surface area contributed by atoms with E-state index in [1.165, 1.54) is 16.7 Å². The summed E-state index contributed by atoms with van der Waals surface area (Å²) < 4.78 is 0. The van der Waals surface area contributed by atoms with Crippen molar-refractivity contribution < 1.29 is 0 Å². The molecule has 1 heteroatoms. The van der Waals surface area contributed by atoms with Gasteiger partial charge in [0, 0.05) is 0 Å². The number of benzene rings is 1. The zero-order valence-corrected chi connectivity index (χ0v) is 10.4. The quantitative estimate of drug-likeness (QED) is 0.728. The molecule has 0 heterocycles. The monoisotopic (exact) mass is 205 g/mol. The van der Waals surface area contributed by atoms with Crippen molar-refractivity contribution in [3.8, 4) is 0 Å². The maximum absolute atomic E-state index is 3.48. The zero-order chi connectivity index (χ0) is 11.3. The van der Waals surface area contributed by atoms with Crippen LogP contribution in [0, 0.1) is 19.8 Å². The van der Waals surface area contributed by atoms with Gasteiger partial charge in [-0.05, 0) is 50.4 Å². The van der Waals surface area contributed by atoms with Gasteiger partial charge in [0.05, 0.1) is 0 Å². The number of hydrogen-bond acceptors (Lipinski definition) is 1. The molecule has 0 bridgehead atoms. The Bertz CT molecular complexity index is 302. The van der Waals surface area contributed by atoms with Crippen LogP contribution in [0.15, 0.2) is 18.2 Å². The van der Waals surface area contributed by atoms with Gasteiger partial charge in [-0.3, -0.25) is 0 Å². The van der Waals surface area contributed by atoms with Crippen molar-refractivity contribution in [3.63, 3.8) is 0 Å². The normalized spacial score (nSPS) is 11.0. The number of nitrogens with one attached hydrogen (secondary N) is 1. The summed E-state index contributed by atoms with van der Waals surface area (Å²) in [5.74, 6) is 0.739. The van der Waals surface area contributed by atoms with E-state index >= 15 is 0 Å². The van der Waals surface area contributed by atoms with E-state index in [2.05, 4.69) is 51.2 Å². The largest absolute Gasteiger partial charge is 0.316 e. The van der Waals surface area contributed by atoms with Crippen LogP contribution in [0.4, 0.5) is 0 Å². The molecule has 0 aliphatic heterocycles. The van der Waals surface area contributed by atoms with Crippen LogP contribution in [0.2, 0.25) is 0 Å². The van der Waals surface area contributed by atoms with Crippen LogP contribution < -0.4 is 5.32 Å². The fourth-order valence-corrected chi connectivity index (χ4v) is 1.68. The molecule has 0 atom stereocenters. The van der Waals surface area contributed by atoms with Crippen LogP contribution >= 0.6 is 0 Å². The molecule has 1 rings (SSSR count). The first-order chi connectivity index (χ1) is 7.09. The molecule has 0 aliphatic rings. The van der Waals surface area contributed by atoms with E-state index in [-0.39, 0.29) is 0 Å². The molecular weight excluding hydrogens is 182 g/mol. The van der Waals surface area contributed by atoms with E-state index in [9.17, 15) is 0 Å². The first-order valence-electron chi connectivity index (χ1n) is 5.86. The van der Waals surface area contributed by atoms with Crippen LogP contribution in [0.25, 0.3) is 0 Å². The van der Waals surface area contributed by atoms with Gasteiger partial charge in [0.25, 0.3) is 0 Å². The molecule has 0 saturated heterocycles. The van der Waals surface area contributed by atoms with Crippen molar-refractivity contribution in [1.82, 2.24) is 5.32 Å². The number of aryl methyl sites for hydroxylation is 2. The van der Waals surface area contributed by atoms with Gasteiger partial charge >= 0.3 is 0 Å². The van der Waals surface area contributed by atoms with Gasteiger partial charge < -0.3 is 5.32 Å². The third-order valence-corrected chi connectivity index (χ3v) is 2.63. The second-order valence-corrected chi connectivity index (χ2v) is 4.78. The average molecular weight is 205 g/mol. The maximum Gasteiger partial charge on any atom is -0.000814 e. The lowest BCUT2D eigenvalue weighted by molar-refractivity contribution is 0.554. The second kappa shape index (κ2) is 5.92. The standard InChI is InChI=1S/C14H23N/c1-11(2)10-15-8-7-14-9-12(3)5-6-13(14)4/h5-6,9,11,15H,7-8,10H2,1-4H3. The van der Waals surface area contributed by atoms with Gasteiger partial charge in [-0.2, -0.15) is 0 Å². The van der Waals surface area contributed by atoms with Gasteiger partial charge in [0.1, 0.15) is 0 Å². The van der Waals surface area contributed by atoms with Crippen molar-refractivity contribution in [2.45, 2.75) is 34.1 Å². The maximum atomic E-state index is 3.48. The molecule has 1 N–H and O–H groups in total. The molecule has 15 heavy (non-hydrogen) atoms.